The number of benzene rings is 8. The molecule has 6 heteroatoms. The number of fused-ring (bicyclic) bond motifs is 15. The fourth-order valence-electron chi connectivity index (χ4n) is 9.11. The van der Waals surface area contributed by atoms with Crippen LogP contribution in [0.2, 0.25) is 0 Å². The van der Waals surface area contributed by atoms with Crippen molar-refractivity contribution in [3.8, 4) is 34.4 Å². The van der Waals surface area contributed by atoms with E-state index in [1.54, 1.807) is 0 Å². The van der Waals surface area contributed by atoms with Crippen LogP contribution in [-0.4, -0.2) is 19.1 Å². The van der Waals surface area contributed by atoms with Gasteiger partial charge in [-0.2, -0.15) is 0 Å². The fourth-order valence-corrected chi connectivity index (χ4v) is 9.11. The summed E-state index contributed by atoms with van der Waals surface area (Å²) in [6.45, 7) is 0. The smallest absolute Gasteiger partial charge is 0.235 e. The van der Waals surface area contributed by atoms with E-state index in [4.69, 9.17) is 19.1 Å². The van der Waals surface area contributed by atoms with E-state index in [1.807, 2.05) is 42.5 Å². The van der Waals surface area contributed by atoms with Crippen molar-refractivity contribution in [1.82, 2.24) is 19.1 Å². The Balaban J connectivity index is 1.26. The van der Waals surface area contributed by atoms with Crippen LogP contribution < -0.4 is 4.74 Å². The molecule has 0 aliphatic carbocycles. The lowest BCUT2D eigenvalue weighted by molar-refractivity contribution is 0.486. The van der Waals surface area contributed by atoms with Gasteiger partial charge in [-0.1, -0.05) is 97.1 Å². The molecular formula is C48H26N4O2. The Kier molecular flexibility index (Phi) is 5.28. The lowest BCUT2D eigenvalue weighted by atomic mass is 9.98. The Morgan fingerprint density at radius 3 is 1.83 bits per heavy atom. The molecule has 0 fully saturated rings. The molecule has 0 radical (unpaired) electrons. The first-order chi connectivity index (χ1) is 26.8. The quantitative estimate of drug-likeness (QED) is 0.181. The fraction of sp³-hybridized carbons (Fsp3) is 0. The van der Waals surface area contributed by atoms with Gasteiger partial charge in [-0.05, 0) is 65.4 Å². The minimum atomic E-state index is 0.610. The van der Waals surface area contributed by atoms with Crippen molar-refractivity contribution in [1.29, 1.82) is 0 Å². The van der Waals surface area contributed by atoms with Gasteiger partial charge in [0.25, 0.3) is 0 Å². The SMILES string of the molecule is c1ccc2c(c1)Oc1cccc3nc(-n4c5ccccc5c5c6ccccc6c6c7ccccc7n(-c7ccc8c(c7)oc7ccccc78)c6c54)nc-2c13. The molecule has 0 saturated carbocycles. The van der Waals surface area contributed by atoms with Crippen LogP contribution in [0.5, 0.6) is 11.5 Å². The molecule has 250 valence electrons. The summed E-state index contributed by atoms with van der Waals surface area (Å²) in [5.74, 6) is 2.17. The van der Waals surface area contributed by atoms with Crippen LogP contribution >= 0.6 is 0 Å². The van der Waals surface area contributed by atoms with E-state index < -0.39 is 0 Å². The summed E-state index contributed by atoms with van der Waals surface area (Å²) in [6.07, 6.45) is 0. The molecule has 54 heavy (non-hydrogen) atoms. The van der Waals surface area contributed by atoms with Crippen molar-refractivity contribution in [3.63, 3.8) is 0 Å². The largest absolute Gasteiger partial charge is 0.456 e. The second kappa shape index (κ2) is 10.1. The molecular weight excluding hydrogens is 665 g/mol. The van der Waals surface area contributed by atoms with Crippen molar-refractivity contribution in [2.24, 2.45) is 0 Å². The van der Waals surface area contributed by atoms with Gasteiger partial charge < -0.3 is 13.7 Å². The highest BCUT2D eigenvalue weighted by Crippen LogP contribution is 2.49. The number of ether oxygens (including phenoxy) is 1. The van der Waals surface area contributed by atoms with Gasteiger partial charge in [0.15, 0.2) is 0 Å². The number of hydrogen-bond acceptors (Lipinski definition) is 4. The van der Waals surface area contributed by atoms with Crippen LogP contribution in [0.25, 0.3) is 110 Å². The molecule has 6 nitrogen and oxygen atoms in total. The maximum absolute atomic E-state index is 6.48. The minimum absolute atomic E-state index is 0.610. The van der Waals surface area contributed by atoms with Crippen molar-refractivity contribution < 1.29 is 9.15 Å². The van der Waals surface area contributed by atoms with Gasteiger partial charge in [0.05, 0.1) is 44.4 Å². The van der Waals surface area contributed by atoms with Gasteiger partial charge in [0.2, 0.25) is 5.95 Å². The van der Waals surface area contributed by atoms with Crippen molar-refractivity contribution in [2.45, 2.75) is 0 Å². The Morgan fingerprint density at radius 2 is 1.04 bits per heavy atom. The number of para-hydroxylation sites is 4. The maximum atomic E-state index is 6.48. The number of nitrogens with zero attached hydrogens (tertiary/aromatic N) is 4. The maximum Gasteiger partial charge on any atom is 0.235 e. The third kappa shape index (κ3) is 3.54. The molecule has 0 bridgehead atoms. The van der Waals surface area contributed by atoms with Crippen LogP contribution in [0.1, 0.15) is 0 Å². The van der Waals surface area contributed by atoms with E-state index in [2.05, 4.69) is 124 Å². The summed E-state index contributed by atoms with van der Waals surface area (Å²) in [6, 6.07) is 55.2. The Hall–Kier alpha value is -7.44. The van der Waals surface area contributed by atoms with E-state index in [0.29, 0.717) is 5.95 Å². The molecule has 0 atom stereocenters. The van der Waals surface area contributed by atoms with Gasteiger partial charge in [0, 0.05) is 43.9 Å². The summed E-state index contributed by atoms with van der Waals surface area (Å²) in [5, 5.41) is 10.2. The van der Waals surface area contributed by atoms with E-state index in [9.17, 15) is 0 Å². The number of furan rings is 1. The Bertz CT molecular complexity index is 3610. The molecule has 13 rings (SSSR count). The van der Waals surface area contributed by atoms with E-state index in [-0.39, 0.29) is 0 Å². The Labute approximate surface area is 306 Å². The second-order valence-electron chi connectivity index (χ2n) is 14.1. The molecule has 0 spiro atoms. The zero-order valence-corrected chi connectivity index (χ0v) is 28.6. The van der Waals surface area contributed by atoms with Crippen LogP contribution in [0.15, 0.2) is 162 Å². The first-order valence-corrected chi connectivity index (χ1v) is 18.2. The topological polar surface area (TPSA) is 58.0 Å². The predicted octanol–water partition coefficient (Wildman–Crippen LogP) is 12.6. The third-order valence-electron chi connectivity index (χ3n) is 11.3. The zero-order chi connectivity index (χ0) is 35.1. The molecule has 5 heterocycles. The third-order valence-corrected chi connectivity index (χ3v) is 11.3. The van der Waals surface area contributed by atoms with Gasteiger partial charge in [-0.25, -0.2) is 9.97 Å². The molecule has 1 aliphatic heterocycles. The lowest BCUT2D eigenvalue weighted by Crippen LogP contribution is -2.07. The lowest BCUT2D eigenvalue weighted by Gasteiger charge is -2.21. The monoisotopic (exact) mass is 690 g/mol. The standard InChI is InChI=1S/C48H26N4O2/c1-2-14-31-30(13-1)42-32-15-3-7-19-36(32)51(27-24-25-29-28-12-5-9-21-38(28)54-41(29)26-27)46(42)47-43(31)33-16-4-8-20-37(33)52(47)48-49-35-18-11-23-40-44(35)45(50-48)34-17-6-10-22-39(34)53-40/h1-26H. The van der Waals surface area contributed by atoms with Gasteiger partial charge in [0.1, 0.15) is 22.7 Å². The first-order valence-electron chi connectivity index (χ1n) is 18.2. The molecule has 8 aromatic carbocycles. The normalized spacial score (nSPS) is 12.6. The second-order valence-corrected chi connectivity index (χ2v) is 14.1. The van der Waals surface area contributed by atoms with Crippen molar-refractivity contribution >= 4 is 87.2 Å². The molecule has 12 aromatic rings. The predicted molar refractivity (Wildman–Crippen MR) is 219 cm³/mol. The highest BCUT2D eigenvalue weighted by atomic mass is 16.5. The average molecular weight is 691 g/mol. The highest BCUT2D eigenvalue weighted by molar-refractivity contribution is 6.36. The molecule has 0 unspecified atom stereocenters. The van der Waals surface area contributed by atoms with Crippen LogP contribution in [-0.2, 0) is 0 Å². The number of hydrogen-bond donors (Lipinski definition) is 0. The number of rotatable bonds is 2. The van der Waals surface area contributed by atoms with Gasteiger partial charge >= 0.3 is 0 Å². The summed E-state index contributed by atoms with van der Waals surface area (Å²) >= 11 is 0. The van der Waals surface area contributed by atoms with E-state index >= 15 is 0 Å². The van der Waals surface area contributed by atoms with Gasteiger partial charge in [-0.3, -0.25) is 4.57 Å². The first kappa shape index (κ1) is 28.2. The van der Waals surface area contributed by atoms with Crippen molar-refractivity contribution in [2.75, 3.05) is 0 Å². The summed E-state index contributed by atoms with van der Waals surface area (Å²) in [5.41, 5.74) is 9.70. The molecule has 4 aromatic heterocycles. The van der Waals surface area contributed by atoms with E-state index in [1.165, 1.54) is 21.5 Å². The summed E-state index contributed by atoms with van der Waals surface area (Å²) in [7, 11) is 0. The summed E-state index contributed by atoms with van der Waals surface area (Å²) < 4.78 is 17.5. The number of aromatic nitrogens is 4. The molecule has 0 amide bonds. The van der Waals surface area contributed by atoms with Crippen molar-refractivity contribution in [3.05, 3.63) is 158 Å². The molecule has 0 saturated heterocycles. The molecule has 0 N–H and O–H groups in total. The van der Waals surface area contributed by atoms with Crippen LogP contribution in [0.3, 0.4) is 0 Å². The Morgan fingerprint density at radius 1 is 0.426 bits per heavy atom. The average Bonchev–Trinajstić information content (AvgIpc) is 3.89. The zero-order valence-electron chi connectivity index (χ0n) is 28.6. The highest BCUT2D eigenvalue weighted by Gasteiger charge is 2.28. The van der Waals surface area contributed by atoms with Gasteiger partial charge in [-0.15, -0.1) is 0 Å². The van der Waals surface area contributed by atoms with E-state index in [0.717, 1.165) is 94.1 Å². The van der Waals surface area contributed by atoms with Crippen LogP contribution in [0.4, 0.5) is 0 Å². The minimum Gasteiger partial charge on any atom is -0.456 e. The summed E-state index contributed by atoms with van der Waals surface area (Å²) in [4.78, 5) is 10.8. The van der Waals surface area contributed by atoms with Crippen LogP contribution in [0, 0.1) is 0 Å². The molecule has 1 aliphatic rings.